The molecule has 94 valence electrons. The molecule has 0 spiro atoms. The van der Waals surface area contributed by atoms with E-state index in [9.17, 15) is 0 Å². The molecule has 1 fully saturated rings. The summed E-state index contributed by atoms with van der Waals surface area (Å²) in [6.45, 7) is 5.31. The molecule has 1 aliphatic rings. The van der Waals surface area contributed by atoms with E-state index in [0.29, 0.717) is 0 Å². The molecule has 1 saturated carbocycles. The molecule has 1 aromatic rings. The molecule has 0 amide bonds. The van der Waals surface area contributed by atoms with Crippen LogP contribution >= 0.6 is 15.9 Å². The molecule has 1 heterocycles. The molecular weight excluding hydrogens is 278 g/mol. The number of aromatic nitrogens is 2. The van der Waals surface area contributed by atoms with Crippen LogP contribution in [-0.4, -0.2) is 16.5 Å². The van der Waals surface area contributed by atoms with Crippen LogP contribution in [0.4, 0.5) is 5.82 Å². The molecule has 4 heteroatoms. The van der Waals surface area contributed by atoms with Crippen LogP contribution in [0.2, 0.25) is 0 Å². The van der Waals surface area contributed by atoms with Crippen molar-refractivity contribution in [3.8, 4) is 0 Å². The molecule has 1 aliphatic carbocycles. The highest BCUT2D eigenvalue weighted by Crippen LogP contribution is 2.28. The number of nitrogens with one attached hydrogen (secondary N) is 1. The van der Waals surface area contributed by atoms with Crippen molar-refractivity contribution in [3.05, 3.63) is 16.5 Å². The van der Waals surface area contributed by atoms with E-state index < -0.39 is 0 Å². The summed E-state index contributed by atoms with van der Waals surface area (Å²) < 4.78 is 0.852. The van der Waals surface area contributed by atoms with Crippen molar-refractivity contribution in [2.24, 2.45) is 11.8 Å². The van der Waals surface area contributed by atoms with Crippen LogP contribution in [0.5, 0.6) is 0 Å². The zero-order valence-electron chi connectivity index (χ0n) is 10.5. The molecule has 3 nitrogen and oxygen atoms in total. The van der Waals surface area contributed by atoms with Crippen molar-refractivity contribution in [1.29, 1.82) is 0 Å². The van der Waals surface area contributed by atoms with Gasteiger partial charge in [0.25, 0.3) is 0 Å². The summed E-state index contributed by atoms with van der Waals surface area (Å²) in [6, 6.07) is 1.94. The molecule has 17 heavy (non-hydrogen) atoms. The Hall–Kier alpha value is -0.640. The van der Waals surface area contributed by atoms with Crippen molar-refractivity contribution in [1.82, 2.24) is 9.97 Å². The predicted octanol–water partition coefficient (Wildman–Crippen LogP) is 3.79. The van der Waals surface area contributed by atoms with Gasteiger partial charge in [0.1, 0.15) is 16.2 Å². The van der Waals surface area contributed by atoms with Gasteiger partial charge in [-0.3, -0.25) is 0 Å². The van der Waals surface area contributed by atoms with Crippen LogP contribution in [0.25, 0.3) is 0 Å². The monoisotopic (exact) mass is 297 g/mol. The van der Waals surface area contributed by atoms with Crippen LogP contribution in [-0.2, 0) is 0 Å². The van der Waals surface area contributed by atoms with E-state index in [1.807, 2.05) is 13.0 Å². The van der Waals surface area contributed by atoms with Gasteiger partial charge in [-0.05, 0) is 47.5 Å². The fourth-order valence-electron chi connectivity index (χ4n) is 2.40. The lowest BCUT2D eigenvalue weighted by Crippen LogP contribution is -2.20. The first-order chi connectivity index (χ1) is 8.13. The highest BCUT2D eigenvalue weighted by atomic mass is 79.9. The Bertz CT molecular complexity index is 353. The van der Waals surface area contributed by atoms with E-state index >= 15 is 0 Å². The Morgan fingerprint density at radius 2 is 2.00 bits per heavy atom. The minimum atomic E-state index is 0.805. The maximum atomic E-state index is 4.38. The summed E-state index contributed by atoms with van der Waals surface area (Å²) >= 11 is 3.40. The van der Waals surface area contributed by atoms with Gasteiger partial charge < -0.3 is 5.32 Å². The van der Waals surface area contributed by atoms with Gasteiger partial charge in [-0.15, -0.1) is 0 Å². The number of hydrogen-bond donors (Lipinski definition) is 1. The Morgan fingerprint density at radius 1 is 1.29 bits per heavy atom. The van der Waals surface area contributed by atoms with Gasteiger partial charge in [-0.25, -0.2) is 9.97 Å². The minimum Gasteiger partial charge on any atom is -0.370 e. The molecule has 0 bridgehead atoms. The average molecular weight is 298 g/mol. The quantitative estimate of drug-likeness (QED) is 0.863. The third-order valence-electron chi connectivity index (χ3n) is 3.51. The zero-order chi connectivity index (χ0) is 12.3. The number of halogens is 1. The average Bonchev–Trinajstić information content (AvgIpc) is 2.27. The summed E-state index contributed by atoms with van der Waals surface area (Å²) in [5.41, 5.74) is 0. The largest absolute Gasteiger partial charge is 0.370 e. The fourth-order valence-corrected chi connectivity index (χ4v) is 2.88. The van der Waals surface area contributed by atoms with E-state index in [1.165, 1.54) is 25.7 Å². The summed E-state index contributed by atoms with van der Waals surface area (Å²) in [7, 11) is 0. The third-order valence-corrected chi connectivity index (χ3v) is 3.92. The fraction of sp³-hybridized carbons (Fsp3) is 0.692. The molecule has 0 saturated heterocycles. The molecule has 0 radical (unpaired) electrons. The molecule has 0 aliphatic heterocycles. The number of aryl methyl sites for hydroxylation is 1. The summed E-state index contributed by atoms with van der Waals surface area (Å²) in [6.07, 6.45) is 5.44. The summed E-state index contributed by atoms with van der Waals surface area (Å²) in [5, 5.41) is 3.43. The van der Waals surface area contributed by atoms with E-state index in [0.717, 1.165) is 34.6 Å². The molecule has 2 rings (SSSR count). The summed E-state index contributed by atoms with van der Waals surface area (Å²) in [4.78, 5) is 8.59. The van der Waals surface area contributed by atoms with Gasteiger partial charge in [0.15, 0.2) is 0 Å². The maximum Gasteiger partial charge on any atom is 0.130 e. The first kappa shape index (κ1) is 12.8. The van der Waals surface area contributed by atoms with Crippen molar-refractivity contribution >= 4 is 21.7 Å². The van der Waals surface area contributed by atoms with Crippen molar-refractivity contribution in [2.75, 3.05) is 11.9 Å². The molecule has 1 aromatic heterocycles. The van der Waals surface area contributed by atoms with Crippen LogP contribution in [0, 0.1) is 18.8 Å². The summed E-state index contributed by atoms with van der Waals surface area (Å²) in [5.74, 6) is 3.46. The second-order valence-electron chi connectivity index (χ2n) is 5.13. The Balaban J connectivity index is 1.85. The Kier molecular flexibility index (Phi) is 4.37. The number of rotatable bonds is 3. The molecular formula is C13H20BrN3. The van der Waals surface area contributed by atoms with Crippen LogP contribution < -0.4 is 5.32 Å². The second-order valence-corrected chi connectivity index (χ2v) is 5.94. The first-order valence-corrected chi connectivity index (χ1v) is 7.18. The van der Waals surface area contributed by atoms with Gasteiger partial charge in [-0.2, -0.15) is 0 Å². The number of anilines is 1. The van der Waals surface area contributed by atoms with E-state index in [1.54, 1.807) is 0 Å². The van der Waals surface area contributed by atoms with Gasteiger partial charge in [0, 0.05) is 12.6 Å². The third kappa shape index (κ3) is 3.95. The molecule has 0 unspecified atom stereocenters. The van der Waals surface area contributed by atoms with Gasteiger partial charge in [0.05, 0.1) is 0 Å². The number of hydrogen-bond acceptors (Lipinski definition) is 3. The molecule has 1 N–H and O–H groups in total. The second kappa shape index (κ2) is 5.80. The Labute approximate surface area is 112 Å². The maximum absolute atomic E-state index is 4.38. The highest BCUT2D eigenvalue weighted by Gasteiger charge is 2.17. The van der Waals surface area contributed by atoms with E-state index in [4.69, 9.17) is 0 Å². The van der Waals surface area contributed by atoms with Crippen LogP contribution in [0.3, 0.4) is 0 Å². The van der Waals surface area contributed by atoms with Crippen molar-refractivity contribution in [2.45, 2.75) is 39.5 Å². The Morgan fingerprint density at radius 3 is 2.65 bits per heavy atom. The first-order valence-electron chi connectivity index (χ1n) is 6.38. The minimum absolute atomic E-state index is 0.805. The topological polar surface area (TPSA) is 37.8 Å². The standard InChI is InChI=1S/C13H20BrN3/c1-9-3-5-11(6-4-9)8-15-13-7-12(14)16-10(2)17-13/h7,9,11H,3-6,8H2,1-2H3,(H,15,16,17). The molecule has 0 aromatic carbocycles. The molecule has 0 atom stereocenters. The lowest BCUT2D eigenvalue weighted by atomic mass is 9.83. The van der Waals surface area contributed by atoms with E-state index in [-0.39, 0.29) is 0 Å². The van der Waals surface area contributed by atoms with Crippen LogP contribution in [0.1, 0.15) is 38.4 Å². The lowest BCUT2D eigenvalue weighted by Gasteiger charge is -2.26. The van der Waals surface area contributed by atoms with Crippen LogP contribution in [0.15, 0.2) is 10.7 Å². The van der Waals surface area contributed by atoms with Gasteiger partial charge in [0.2, 0.25) is 0 Å². The highest BCUT2D eigenvalue weighted by molar-refractivity contribution is 9.10. The van der Waals surface area contributed by atoms with Crippen molar-refractivity contribution < 1.29 is 0 Å². The van der Waals surface area contributed by atoms with E-state index in [2.05, 4.69) is 38.1 Å². The zero-order valence-corrected chi connectivity index (χ0v) is 12.1. The van der Waals surface area contributed by atoms with Gasteiger partial charge in [-0.1, -0.05) is 19.8 Å². The smallest absolute Gasteiger partial charge is 0.130 e. The van der Waals surface area contributed by atoms with Crippen molar-refractivity contribution in [3.63, 3.8) is 0 Å². The number of nitrogens with zero attached hydrogens (tertiary/aromatic N) is 2. The SMILES string of the molecule is Cc1nc(Br)cc(NCC2CCC(C)CC2)n1. The van der Waals surface area contributed by atoms with Gasteiger partial charge >= 0.3 is 0 Å². The lowest BCUT2D eigenvalue weighted by molar-refractivity contribution is 0.300. The predicted molar refractivity (Wildman–Crippen MR) is 74.1 cm³/mol. The normalized spacial score (nSPS) is 24.6.